The Balaban J connectivity index is 1.99. The van der Waals surface area contributed by atoms with Crippen molar-refractivity contribution in [3.63, 3.8) is 0 Å². The number of hydrogen-bond donors (Lipinski definition) is 0. The van der Waals surface area contributed by atoms with Gasteiger partial charge in [-0.25, -0.2) is 4.79 Å². The summed E-state index contributed by atoms with van der Waals surface area (Å²) in [6, 6.07) is 9.36. The van der Waals surface area contributed by atoms with Crippen molar-refractivity contribution in [3.05, 3.63) is 29.8 Å². The van der Waals surface area contributed by atoms with Crippen molar-refractivity contribution in [2.75, 3.05) is 13.2 Å². The first kappa shape index (κ1) is 17.5. The van der Waals surface area contributed by atoms with Gasteiger partial charge in [0.1, 0.15) is 5.75 Å². The Kier molecular flexibility index (Phi) is 6.14. The van der Waals surface area contributed by atoms with Crippen LogP contribution < -0.4 is 4.74 Å². The van der Waals surface area contributed by atoms with Crippen LogP contribution in [0, 0.1) is 16.7 Å². The van der Waals surface area contributed by atoms with Crippen molar-refractivity contribution in [1.82, 2.24) is 0 Å². The maximum absolute atomic E-state index is 12.4. The summed E-state index contributed by atoms with van der Waals surface area (Å²) in [6.07, 6.45) is 3.36. The van der Waals surface area contributed by atoms with Gasteiger partial charge < -0.3 is 14.2 Å². The minimum atomic E-state index is -1.40. The Morgan fingerprint density at radius 3 is 2.43 bits per heavy atom. The predicted octanol–water partition coefficient (Wildman–Crippen LogP) is 3.23. The summed E-state index contributed by atoms with van der Waals surface area (Å²) in [6.45, 7) is 4.14. The third-order valence-electron chi connectivity index (χ3n) is 3.83. The van der Waals surface area contributed by atoms with Gasteiger partial charge in [-0.15, -0.1) is 0 Å². The van der Waals surface area contributed by atoms with E-state index in [9.17, 15) is 10.1 Å². The minimum Gasteiger partial charge on any atom is -0.425 e. The van der Waals surface area contributed by atoms with Gasteiger partial charge in [0.05, 0.1) is 19.3 Å². The fourth-order valence-electron chi connectivity index (χ4n) is 2.41. The highest BCUT2D eigenvalue weighted by molar-refractivity contribution is 5.82. The molecule has 0 aliphatic carbocycles. The third kappa shape index (κ3) is 4.31. The van der Waals surface area contributed by atoms with E-state index < -0.39 is 11.4 Å². The molecule has 0 bridgehead atoms. The lowest BCUT2D eigenvalue weighted by molar-refractivity contribution is -0.222. The van der Waals surface area contributed by atoms with Gasteiger partial charge in [0.15, 0.2) is 6.29 Å². The molecule has 5 nitrogen and oxygen atoms in total. The Labute approximate surface area is 137 Å². The second-order valence-corrected chi connectivity index (χ2v) is 5.82. The van der Waals surface area contributed by atoms with Crippen LogP contribution in [0.5, 0.6) is 5.75 Å². The highest BCUT2D eigenvalue weighted by Crippen LogP contribution is 2.28. The average Bonchev–Trinajstić information content (AvgIpc) is 2.58. The van der Waals surface area contributed by atoms with E-state index in [1.54, 1.807) is 12.1 Å². The second kappa shape index (κ2) is 8.09. The molecular formula is C18H23NO4. The number of nitriles is 1. The molecule has 1 aromatic rings. The second-order valence-electron chi connectivity index (χ2n) is 5.82. The van der Waals surface area contributed by atoms with E-state index in [0.29, 0.717) is 5.75 Å². The van der Waals surface area contributed by atoms with E-state index in [-0.39, 0.29) is 19.5 Å². The lowest BCUT2D eigenvalue weighted by Crippen LogP contribution is -2.48. The molecule has 1 aliphatic rings. The number of aryl methyl sites for hydroxylation is 1. The highest BCUT2D eigenvalue weighted by atomic mass is 16.7. The Morgan fingerprint density at radius 1 is 1.26 bits per heavy atom. The van der Waals surface area contributed by atoms with Gasteiger partial charge in [0.25, 0.3) is 0 Å². The zero-order valence-corrected chi connectivity index (χ0v) is 13.7. The van der Waals surface area contributed by atoms with Crippen LogP contribution in [0.3, 0.4) is 0 Å². The standard InChI is InChI=1S/C18H23NO4/c1-3-5-14-7-9-15(10-8-14)23-17(20)18(11-19)12-21-16(6-4-2)22-13-18/h7-10,16H,3-6,12-13H2,1-2H3/t16-,18+. The molecule has 1 heterocycles. The zero-order chi connectivity index (χ0) is 16.7. The number of carbonyl (C=O) groups is 1. The fraction of sp³-hybridized carbons (Fsp3) is 0.556. The quantitative estimate of drug-likeness (QED) is 0.595. The molecule has 0 atom stereocenters. The lowest BCUT2D eigenvalue weighted by Gasteiger charge is -2.33. The molecule has 1 aromatic carbocycles. The molecule has 1 saturated heterocycles. The molecule has 0 spiro atoms. The van der Waals surface area contributed by atoms with Crippen molar-refractivity contribution in [2.24, 2.45) is 5.41 Å². The molecule has 0 amide bonds. The highest BCUT2D eigenvalue weighted by Gasteiger charge is 2.46. The van der Waals surface area contributed by atoms with Crippen LogP contribution in [0.15, 0.2) is 24.3 Å². The Morgan fingerprint density at radius 2 is 1.91 bits per heavy atom. The van der Waals surface area contributed by atoms with Crippen molar-refractivity contribution in [1.29, 1.82) is 5.26 Å². The average molecular weight is 317 g/mol. The van der Waals surface area contributed by atoms with Crippen LogP contribution >= 0.6 is 0 Å². The minimum absolute atomic E-state index is 0.000911. The SMILES string of the molecule is CCCc1ccc(OC(=O)[C@]2(C#N)CO[C@H](CCC)OC2)cc1. The largest absolute Gasteiger partial charge is 0.425 e. The number of nitrogens with zero attached hydrogens (tertiary/aromatic N) is 1. The summed E-state index contributed by atoms with van der Waals surface area (Å²) in [5.41, 5.74) is -0.208. The number of hydrogen-bond acceptors (Lipinski definition) is 5. The molecule has 0 N–H and O–H groups in total. The molecule has 0 radical (unpaired) electrons. The normalized spacial score (nSPS) is 24.0. The van der Waals surface area contributed by atoms with Crippen LogP contribution in [-0.4, -0.2) is 25.5 Å². The first-order valence-corrected chi connectivity index (χ1v) is 8.09. The first-order chi connectivity index (χ1) is 11.1. The molecule has 2 rings (SSSR count). The van der Waals surface area contributed by atoms with Crippen LogP contribution in [-0.2, 0) is 20.7 Å². The number of rotatable bonds is 6. The van der Waals surface area contributed by atoms with Crippen molar-refractivity contribution < 1.29 is 19.0 Å². The van der Waals surface area contributed by atoms with Crippen LogP contribution in [0.1, 0.15) is 38.7 Å². The summed E-state index contributed by atoms with van der Waals surface area (Å²) >= 11 is 0. The van der Waals surface area contributed by atoms with E-state index in [4.69, 9.17) is 14.2 Å². The van der Waals surface area contributed by atoms with Gasteiger partial charge in [0, 0.05) is 0 Å². The summed E-state index contributed by atoms with van der Waals surface area (Å²) in [4.78, 5) is 12.4. The summed E-state index contributed by atoms with van der Waals surface area (Å²) in [5, 5.41) is 9.41. The molecule has 0 aromatic heterocycles. The zero-order valence-electron chi connectivity index (χ0n) is 13.7. The number of ether oxygens (including phenoxy) is 3. The van der Waals surface area contributed by atoms with E-state index in [1.807, 2.05) is 25.1 Å². The van der Waals surface area contributed by atoms with Gasteiger partial charge in [-0.05, 0) is 30.5 Å². The number of esters is 1. The molecule has 0 saturated carbocycles. The van der Waals surface area contributed by atoms with Crippen LogP contribution in [0.25, 0.3) is 0 Å². The molecule has 5 heteroatoms. The maximum atomic E-state index is 12.4. The lowest BCUT2D eigenvalue weighted by atomic mass is 9.91. The van der Waals surface area contributed by atoms with Crippen molar-refractivity contribution in [2.45, 2.75) is 45.8 Å². The van der Waals surface area contributed by atoms with Gasteiger partial charge in [0.2, 0.25) is 5.41 Å². The number of carbonyl (C=O) groups excluding carboxylic acids is 1. The molecule has 124 valence electrons. The molecule has 1 aliphatic heterocycles. The Bertz CT molecular complexity index is 553. The first-order valence-electron chi connectivity index (χ1n) is 8.09. The third-order valence-corrected chi connectivity index (χ3v) is 3.83. The van der Waals surface area contributed by atoms with Crippen molar-refractivity contribution >= 4 is 5.97 Å². The summed E-state index contributed by atoms with van der Waals surface area (Å²) in [7, 11) is 0. The molecular weight excluding hydrogens is 294 g/mol. The predicted molar refractivity (Wildman–Crippen MR) is 84.7 cm³/mol. The van der Waals surface area contributed by atoms with Gasteiger partial charge in [-0.1, -0.05) is 38.8 Å². The summed E-state index contributed by atoms with van der Waals surface area (Å²) < 4.78 is 16.3. The molecule has 0 unspecified atom stereocenters. The van der Waals surface area contributed by atoms with Gasteiger partial charge in [-0.2, -0.15) is 5.26 Å². The Hall–Kier alpha value is -1.90. The van der Waals surface area contributed by atoms with Gasteiger partial charge >= 0.3 is 5.97 Å². The number of benzene rings is 1. The molecule has 1 fully saturated rings. The van der Waals surface area contributed by atoms with Gasteiger partial charge in [-0.3, -0.25) is 0 Å². The van der Waals surface area contributed by atoms with Crippen LogP contribution in [0.4, 0.5) is 0 Å². The van der Waals surface area contributed by atoms with E-state index >= 15 is 0 Å². The monoisotopic (exact) mass is 317 g/mol. The topological polar surface area (TPSA) is 68.6 Å². The fourth-order valence-corrected chi connectivity index (χ4v) is 2.41. The van der Waals surface area contributed by atoms with Crippen molar-refractivity contribution in [3.8, 4) is 11.8 Å². The summed E-state index contributed by atoms with van der Waals surface area (Å²) in [5.74, 6) is -0.196. The maximum Gasteiger partial charge on any atom is 0.336 e. The molecule has 23 heavy (non-hydrogen) atoms. The van der Waals surface area contributed by atoms with E-state index in [1.165, 1.54) is 5.56 Å². The van der Waals surface area contributed by atoms with E-state index in [2.05, 4.69) is 6.92 Å². The smallest absolute Gasteiger partial charge is 0.336 e. The van der Waals surface area contributed by atoms with E-state index in [0.717, 1.165) is 25.7 Å². The van der Waals surface area contributed by atoms with Crippen LogP contribution in [0.2, 0.25) is 0 Å².